The molecule has 1 aliphatic rings. The van der Waals surface area contributed by atoms with Gasteiger partial charge in [0.1, 0.15) is 5.78 Å². The van der Waals surface area contributed by atoms with Gasteiger partial charge in [-0.05, 0) is 36.6 Å². The number of nitrogens with zero attached hydrogens (tertiary/aromatic N) is 2. The van der Waals surface area contributed by atoms with E-state index in [1.165, 1.54) is 11.8 Å². The zero-order valence-corrected chi connectivity index (χ0v) is 16.3. The van der Waals surface area contributed by atoms with Crippen molar-refractivity contribution in [3.05, 3.63) is 69.5 Å². The lowest BCUT2D eigenvalue weighted by atomic mass is 9.99. The Balaban J connectivity index is 1.81. The van der Waals surface area contributed by atoms with Crippen LogP contribution >= 0.6 is 23.4 Å². The second kappa shape index (κ2) is 7.87. The Kier molecular flexibility index (Phi) is 5.32. The SMILES string of the molecule is O=C1CCCC[C@H]1Sc1nc2cc(Cl)ccc2c(=O)n1Cc1ccccc1. The number of carbonyl (C=O) groups is 1. The summed E-state index contributed by atoms with van der Waals surface area (Å²) in [5.74, 6) is 0.248. The molecule has 1 saturated carbocycles. The summed E-state index contributed by atoms with van der Waals surface area (Å²) < 4.78 is 1.68. The summed E-state index contributed by atoms with van der Waals surface area (Å²) in [6.07, 6.45) is 3.43. The zero-order valence-electron chi connectivity index (χ0n) is 14.7. The largest absolute Gasteiger partial charge is 0.298 e. The van der Waals surface area contributed by atoms with E-state index in [9.17, 15) is 9.59 Å². The van der Waals surface area contributed by atoms with Crippen LogP contribution in [-0.2, 0) is 11.3 Å². The molecular weight excluding hydrogens is 380 g/mol. The van der Waals surface area contributed by atoms with Crippen molar-refractivity contribution in [2.45, 2.75) is 42.6 Å². The van der Waals surface area contributed by atoms with Crippen molar-refractivity contribution >= 4 is 40.0 Å². The summed E-state index contributed by atoms with van der Waals surface area (Å²) in [5.41, 5.74) is 1.49. The van der Waals surface area contributed by atoms with Crippen LogP contribution < -0.4 is 5.56 Å². The Morgan fingerprint density at radius 2 is 1.93 bits per heavy atom. The number of carbonyl (C=O) groups excluding carboxylic acids is 1. The molecule has 0 amide bonds. The molecule has 1 aromatic heterocycles. The molecule has 0 saturated heterocycles. The van der Waals surface area contributed by atoms with Gasteiger partial charge in [0.05, 0.1) is 22.7 Å². The third-order valence-corrected chi connectivity index (χ3v) is 6.35. The molecular formula is C21H19ClN2O2S. The number of benzene rings is 2. The van der Waals surface area contributed by atoms with Crippen molar-refractivity contribution in [1.82, 2.24) is 9.55 Å². The highest BCUT2D eigenvalue weighted by Crippen LogP contribution is 2.31. The first-order valence-corrected chi connectivity index (χ1v) is 10.3. The van der Waals surface area contributed by atoms with Gasteiger partial charge in [-0.3, -0.25) is 14.2 Å². The van der Waals surface area contributed by atoms with E-state index >= 15 is 0 Å². The Morgan fingerprint density at radius 1 is 1.11 bits per heavy atom. The number of hydrogen-bond acceptors (Lipinski definition) is 4. The van der Waals surface area contributed by atoms with Crippen LogP contribution in [0.4, 0.5) is 0 Å². The predicted octanol–water partition coefficient (Wildman–Crippen LogP) is 4.70. The van der Waals surface area contributed by atoms with Gasteiger partial charge in [-0.1, -0.05) is 60.1 Å². The van der Waals surface area contributed by atoms with E-state index < -0.39 is 0 Å². The van der Waals surface area contributed by atoms with Crippen LogP contribution in [0, 0.1) is 0 Å². The number of hydrogen-bond donors (Lipinski definition) is 0. The molecule has 0 radical (unpaired) electrons. The number of thioether (sulfide) groups is 1. The van der Waals surface area contributed by atoms with Crippen molar-refractivity contribution in [1.29, 1.82) is 0 Å². The minimum absolute atomic E-state index is 0.105. The van der Waals surface area contributed by atoms with Crippen LogP contribution in [0.1, 0.15) is 31.2 Å². The first-order chi connectivity index (χ1) is 13.1. The molecule has 0 spiro atoms. The van der Waals surface area contributed by atoms with Crippen LogP contribution in [0.3, 0.4) is 0 Å². The molecule has 1 heterocycles. The van der Waals surface area contributed by atoms with Gasteiger partial charge >= 0.3 is 0 Å². The van der Waals surface area contributed by atoms with Crippen molar-refractivity contribution in [3.63, 3.8) is 0 Å². The van der Waals surface area contributed by atoms with E-state index in [0.717, 1.165) is 24.8 Å². The van der Waals surface area contributed by atoms with Gasteiger partial charge in [0, 0.05) is 11.4 Å². The fourth-order valence-corrected chi connectivity index (χ4v) is 4.75. The van der Waals surface area contributed by atoms with Crippen molar-refractivity contribution in [2.24, 2.45) is 0 Å². The first-order valence-electron chi connectivity index (χ1n) is 9.05. The number of fused-ring (bicyclic) bond motifs is 1. The van der Waals surface area contributed by atoms with Gasteiger partial charge in [-0.25, -0.2) is 4.98 Å². The first kappa shape index (κ1) is 18.3. The Morgan fingerprint density at radius 3 is 2.70 bits per heavy atom. The highest BCUT2D eigenvalue weighted by molar-refractivity contribution is 8.00. The minimum Gasteiger partial charge on any atom is -0.298 e. The van der Waals surface area contributed by atoms with E-state index in [2.05, 4.69) is 0 Å². The van der Waals surface area contributed by atoms with Gasteiger partial charge in [0.25, 0.3) is 5.56 Å². The van der Waals surface area contributed by atoms with Crippen LogP contribution in [0.15, 0.2) is 58.5 Å². The van der Waals surface area contributed by atoms with Crippen molar-refractivity contribution in [3.8, 4) is 0 Å². The summed E-state index contributed by atoms with van der Waals surface area (Å²) in [4.78, 5) is 30.2. The summed E-state index contributed by atoms with van der Waals surface area (Å²) in [5, 5.41) is 1.53. The number of aromatic nitrogens is 2. The zero-order chi connectivity index (χ0) is 18.8. The maximum atomic E-state index is 13.2. The number of Topliss-reactive ketones (excluding diaryl/α,β-unsaturated/α-hetero) is 1. The standard InChI is InChI=1S/C21H19ClN2O2S/c22-15-10-11-16-17(12-15)23-21(27-19-9-5-4-8-18(19)25)24(20(16)26)13-14-6-2-1-3-7-14/h1-3,6-7,10-12,19H,4-5,8-9,13H2/t19-/m1/s1. The lowest BCUT2D eigenvalue weighted by molar-refractivity contribution is -0.119. The molecule has 0 N–H and O–H groups in total. The second-order valence-electron chi connectivity index (χ2n) is 6.75. The molecule has 0 unspecified atom stereocenters. The molecule has 1 aliphatic carbocycles. The van der Waals surface area contributed by atoms with E-state index in [1.807, 2.05) is 30.3 Å². The third-order valence-electron chi connectivity index (χ3n) is 4.81. The highest BCUT2D eigenvalue weighted by atomic mass is 35.5. The van der Waals surface area contributed by atoms with E-state index in [1.54, 1.807) is 22.8 Å². The average molecular weight is 399 g/mol. The van der Waals surface area contributed by atoms with Gasteiger partial charge in [-0.15, -0.1) is 0 Å². The maximum Gasteiger partial charge on any atom is 0.262 e. The monoisotopic (exact) mass is 398 g/mol. The molecule has 138 valence electrons. The van der Waals surface area contributed by atoms with Crippen LogP contribution in [0.5, 0.6) is 0 Å². The van der Waals surface area contributed by atoms with E-state index in [0.29, 0.717) is 34.0 Å². The average Bonchev–Trinajstić information content (AvgIpc) is 2.67. The fourth-order valence-electron chi connectivity index (χ4n) is 3.37. The van der Waals surface area contributed by atoms with E-state index in [-0.39, 0.29) is 16.6 Å². The van der Waals surface area contributed by atoms with Crippen LogP contribution in [-0.4, -0.2) is 20.6 Å². The Hall–Kier alpha value is -2.11. The van der Waals surface area contributed by atoms with Gasteiger partial charge in [0.15, 0.2) is 5.16 Å². The van der Waals surface area contributed by atoms with Crippen LogP contribution in [0.25, 0.3) is 10.9 Å². The smallest absolute Gasteiger partial charge is 0.262 e. The number of ketones is 1. The predicted molar refractivity (Wildman–Crippen MR) is 110 cm³/mol. The van der Waals surface area contributed by atoms with Gasteiger partial charge in [-0.2, -0.15) is 0 Å². The molecule has 4 rings (SSSR count). The maximum absolute atomic E-state index is 13.2. The molecule has 1 atom stereocenters. The van der Waals surface area contributed by atoms with E-state index in [4.69, 9.17) is 16.6 Å². The van der Waals surface area contributed by atoms with Crippen molar-refractivity contribution in [2.75, 3.05) is 0 Å². The Labute approximate surface area is 166 Å². The topological polar surface area (TPSA) is 52.0 Å². The van der Waals surface area contributed by atoms with Crippen LogP contribution in [0.2, 0.25) is 5.02 Å². The van der Waals surface area contributed by atoms with Crippen molar-refractivity contribution < 1.29 is 4.79 Å². The molecule has 27 heavy (non-hydrogen) atoms. The fraction of sp³-hybridized carbons (Fsp3) is 0.286. The summed E-state index contributed by atoms with van der Waals surface area (Å²) in [6.45, 7) is 0.425. The van der Waals surface area contributed by atoms with Gasteiger partial charge in [0.2, 0.25) is 0 Å². The van der Waals surface area contributed by atoms with Gasteiger partial charge < -0.3 is 0 Å². The molecule has 2 aromatic carbocycles. The second-order valence-corrected chi connectivity index (χ2v) is 8.36. The lowest BCUT2D eigenvalue weighted by Crippen LogP contribution is -2.27. The molecule has 0 aliphatic heterocycles. The Bertz CT molecular complexity index is 1050. The number of rotatable bonds is 4. The number of halogens is 1. The molecule has 1 fully saturated rings. The third kappa shape index (κ3) is 3.94. The lowest BCUT2D eigenvalue weighted by Gasteiger charge is -2.21. The summed E-state index contributed by atoms with van der Waals surface area (Å²) >= 11 is 7.51. The highest BCUT2D eigenvalue weighted by Gasteiger charge is 2.25. The normalized spacial score (nSPS) is 17.4. The molecule has 6 heteroatoms. The molecule has 3 aromatic rings. The summed E-state index contributed by atoms with van der Waals surface area (Å²) in [6, 6.07) is 14.9. The minimum atomic E-state index is -0.135. The quantitative estimate of drug-likeness (QED) is 0.597. The molecule has 0 bridgehead atoms. The summed E-state index contributed by atoms with van der Waals surface area (Å²) in [7, 11) is 0. The molecule has 4 nitrogen and oxygen atoms in total.